The highest BCUT2D eigenvalue weighted by Gasteiger charge is 2.19. The molecule has 2 aromatic carbocycles. The van der Waals surface area contributed by atoms with E-state index in [1.54, 1.807) is 24.4 Å². The first-order valence-electron chi connectivity index (χ1n) is 12.3. The second-order valence-corrected chi connectivity index (χ2v) is 8.91. The maximum Gasteiger partial charge on any atom is 0.305 e. The minimum absolute atomic E-state index is 0.189. The van der Waals surface area contributed by atoms with Crippen LogP contribution in [0.3, 0.4) is 0 Å². The zero-order valence-electron chi connectivity index (χ0n) is 20.3. The number of ether oxygens (including phenoxy) is 1. The van der Waals surface area contributed by atoms with Crippen molar-refractivity contribution in [2.45, 2.75) is 31.7 Å². The fraction of sp³-hybridized carbons (Fsp3) is 0.250. The van der Waals surface area contributed by atoms with Gasteiger partial charge in [-0.3, -0.25) is 9.78 Å². The highest BCUT2D eigenvalue weighted by molar-refractivity contribution is 5.87. The Hall–Kier alpha value is -4.53. The number of hydrogen-bond donors (Lipinski definition) is 4. The van der Waals surface area contributed by atoms with E-state index in [1.165, 1.54) is 11.8 Å². The Labute approximate surface area is 214 Å². The lowest BCUT2D eigenvalue weighted by atomic mass is 10.1. The normalized spacial score (nSPS) is 13.3. The van der Waals surface area contributed by atoms with Crippen LogP contribution in [0, 0.1) is 5.41 Å². The van der Waals surface area contributed by atoms with Crippen molar-refractivity contribution in [1.29, 1.82) is 5.41 Å². The monoisotopic (exact) mass is 496 g/mol. The van der Waals surface area contributed by atoms with Crippen LogP contribution < -0.4 is 15.4 Å². The molecular weight excluding hydrogens is 468 g/mol. The van der Waals surface area contributed by atoms with Crippen molar-refractivity contribution in [2.24, 2.45) is 0 Å². The van der Waals surface area contributed by atoms with Crippen molar-refractivity contribution >= 4 is 34.7 Å². The number of para-hydroxylation sites is 2. The van der Waals surface area contributed by atoms with Gasteiger partial charge in [-0.1, -0.05) is 18.2 Å². The number of aryl methyl sites for hydroxylation is 1. The topological polar surface area (TPSA) is 133 Å². The van der Waals surface area contributed by atoms with Gasteiger partial charge in [0.25, 0.3) is 0 Å². The van der Waals surface area contributed by atoms with E-state index in [9.17, 15) is 9.90 Å². The summed E-state index contributed by atoms with van der Waals surface area (Å²) in [5.41, 5.74) is 5.37. The van der Waals surface area contributed by atoms with Gasteiger partial charge in [-0.15, -0.1) is 0 Å². The summed E-state index contributed by atoms with van der Waals surface area (Å²) in [5, 5.41) is 24.0. The summed E-state index contributed by atoms with van der Waals surface area (Å²) in [4.78, 5) is 25.3. The van der Waals surface area contributed by atoms with E-state index in [-0.39, 0.29) is 6.42 Å². The molecule has 37 heavy (non-hydrogen) atoms. The third-order valence-electron chi connectivity index (χ3n) is 6.29. The molecule has 0 saturated heterocycles. The fourth-order valence-corrected chi connectivity index (χ4v) is 4.39. The molecule has 0 spiro atoms. The number of aliphatic carboxylic acids is 1. The third-order valence-corrected chi connectivity index (χ3v) is 6.29. The molecule has 9 nitrogen and oxygen atoms in total. The smallest absolute Gasteiger partial charge is 0.305 e. The standard InChI is InChI=1S/C28H28N6O3/c29-16-19-14-21(37-13-11-20-8-7-18-4-3-12-30-28(18)32-20)9-10-22(19)33-25(15-27(35)36)26-17-31-23-5-1-2-6-24(23)34-26/h1-2,5-10,14,16-17,25,29,33H,3-4,11-13,15H2,(H,30,32)(H,35,36)/t25-/m0/s1. The van der Waals surface area contributed by atoms with Crippen LogP contribution in [0.2, 0.25) is 0 Å². The number of carboxylic acid groups (broad SMARTS) is 1. The van der Waals surface area contributed by atoms with E-state index in [0.29, 0.717) is 41.2 Å². The maximum absolute atomic E-state index is 11.6. The number of hydrogen-bond acceptors (Lipinski definition) is 8. The summed E-state index contributed by atoms with van der Waals surface area (Å²) in [6, 6.07) is 16.4. The van der Waals surface area contributed by atoms with E-state index < -0.39 is 12.0 Å². The molecule has 4 N–H and O–H groups in total. The minimum atomic E-state index is -0.963. The zero-order valence-corrected chi connectivity index (χ0v) is 20.3. The Morgan fingerprint density at radius 2 is 2.03 bits per heavy atom. The van der Waals surface area contributed by atoms with Crippen molar-refractivity contribution < 1.29 is 14.6 Å². The molecule has 5 rings (SSSR count). The molecule has 1 aliphatic rings. The number of anilines is 2. The van der Waals surface area contributed by atoms with Gasteiger partial charge >= 0.3 is 5.97 Å². The first-order chi connectivity index (χ1) is 18.1. The maximum atomic E-state index is 11.6. The van der Waals surface area contributed by atoms with E-state index in [1.807, 2.05) is 30.3 Å². The van der Waals surface area contributed by atoms with Crippen LogP contribution in [0.15, 0.2) is 60.8 Å². The van der Waals surface area contributed by atoms with Crippen molar-refractivity contribution in [2.75, 3.05) is 23.8 Å². The second kappa shape index (κ2) is 11.0. The highest BCUT2D eigenvalue weighted by Crippen LogP contribution is 2.27. The Kier molecular flexibility index (Phi) is 7.21. The number of nitrogens with one attached hydrogen (secondary N) is 3. The summed E-state index contributed by atoms with van der Waals surface area (Å²) < 4.78 is 5.95. The van der Waals surface area contributed by atoms with Gasteiger partial charge in [0.2, 0.25) is 0 Å². The van der Waals surface area contributed by atoms with Crippen LogP contribution in [0.4, 0.5) is 11.5 Å². The average molecular weight is 497 g/mol. The van der Waals surface area contributed by atoms with Crippen LogP contribution >= 0.6 is 0 Å². The lowest BCUT2D eigenvalue weighted by molar-refractivity contribution is -0.137. The van der Waals surface area contributed by atoms with E-state index in [2.05, 4.69) is 26.7 Å². The van der Waals surface area contributed by atoms with E-state index in [4.69, 9.17) is 15.1 Å². The van der Waals surface area contributed by atoms with Crippen LogP contribution in [0.5, 0.6) is 5.75 Å². The lowest BCUT2D eigenvalue weighted by Crippen LogP contribution is -2.18. The molecule has 9 heteroatoms. The predicted octanol–water partition coefficient (Wildman–Crippen LogP) is 4.63. The molecule has 0 radical (unpaired) electrons. The molecule has 1 aliphatic heterocycles. The number of fused-ring (bicyclic) bond motifs is 2. The van der Waals surface area contributed by atoms with Crippen LogP contribution in [0.1, 0.15) is 41.4 Å². The van der Waals surface area contributed by atoms with Gasteiger partial charge in [0.05, 0.1) is 42.0 Å². The molecule has 3 heterocycles. The van der Waals surface area contributed by atoms with Crippen LogP contribution in [-0.4, -0.2) is 45.4 Å². The zero-order chi connectivity index (χ0) is 25.6. The summed E-state index contributed by atoms with van der Waals surface area (Å²) in [5.74, 6) is 0.632. The summed E-state index contributed by atoms with van der Waals surface area (Å²) in [6.07, 6.45) is 5.47. The molecule has 0 bridgehead atoms. The van der Waals surface area contributed by atoms with Gasteiger partial charge in [0.1, 0.15) is 11.6 Å². The Bertz CT molecular complexity index is 1440. The highest BCUT2D eigenvalue weighted by atomic mass is 16.5. The number of aromatic nitrogens is 3. The number of benzene rings is 2. The number of pyridine rings is 1. The molecule has 0 saturated carbocycles. The SMILES string of the molecule is N=Cc1cc(OCCc2ccc3c(n2)NCCC3)ccc1N[C@@H](CC(=O)O)c1cnc2ccccc2n1. The molecule has 2 aromatic heterocycles. The van der Waals surface area contributed by atoms with Gasteiger partial charge in [0.15, 0.2) is 0 Å². The van der Waals surface area contributed by atoms with Crippen molar-refractivity contribution in [1.82, 2.24) is 15.0 Å². The number of carbonyl (C=O) groups is 1. The molecule has 0 unspecified atom stereocenters. The fourth-order valence-electron chi connectivity index (χ4n) is 4.39. The minimum Gasteiger partial charge on any atom is -0.493 e. The molecule has 188 valence electrons. The Balaban J connectivity index is 1.28. The van der Waals surface area contributed by atoms with Crippen molar-refractivity contribution in [3.63, 3.8) is 0 Å². The van der Waals surface area contributed by atoms with Gasteiger partial charge in [-0.2, -0.15) is 0 Å². The van der Waals surface area contributed by atoms with Crippen LogP contribution in [0.25, 0.3) is 11.0 Å². The quantitative estimate of drug-likeness (QED) is 0.234. The molecule has 4 aromatic rings. The van der Waals surface area contributed by atoms with Crippen LogP contribution in [-0.2, 0) is 17.6 Å². The van der Waals surface area contributed by atoms with Crippen molar-refractivity contribution in [3.05, 3.63) is 83.3 Å². The van der Waals surface area contributed by atoms with Gasteiger partial charge < -0.3 is 25.9 Å². The molecule has 0 amide bonds. The number of nitrogens with zero attached hydrogens (tertiary/aromatic N) is 3. The summed E-state index contributed by atoms with van der Waals surface area (Å²) >= 11 is 0. The van der Waals surface area contributed by atoms with Gasteiger partial charge in [0, 0.05) is 36.1 Å². The predicted molar refractivity (Wildman–Crippen MR) is 143 cm³/mol. The first kappa shape index (κ1) is 24.2. The van der Waals surface area contributed by atoms with Gasteiger partial charge in [-0.25, -0.2) is 9.97 Å². The van der Waals surface area contributed by atoms with E-state index >= 15 is 0 Å². The molecule has 0 aliphatic carbocycles. The largest absolute Gasteiger partial charge is 0.493 e. The average Bonchev–Trinajstić information content (AvgIpc) is 2.92. The molecule has 1 atom stereocenters. The number of rotatable bonds is 10. The Morgan fingerprint density at radius 3 is 2.86 bits per heavy atom. The van der Waals surface area contributed by atoms with Gasteiger partial charge in [-0.05, 0) is 54.8 Å². The summed E-state index contributed by atoms with van der Waals surface area (Å²) in [7, 11) is 0. The number of carboxylic acids is 1. The lowest BCUT2D eigenvalue weighted by Gasteiger charge is -2.20. The third kappa shape index (κ3) is 5.83. The summed E-state index contributed by atoms with van der Waals surface area (Å²) in [6.45, 7) is 1.40. The Morgan fingerprint density at radius 1 is 1.16 bits per heavy atom. The molecule has 0 fully saturated rings. The van der Waals surface area contributed by atoms with Crippen molar-refractivity contribution in [3.8, 4) is 5.75 Å². The van der Waals surface area contributed by atoms with E-state index in [0.717, 1.165) is 36.4 Å². The molecular formula is C28H28N6O3. The first-order valence-corrected chi connectivity index (χ1v) is 12.3. The second-order valence-electron chi connectivity index (χ2n) is 8.91.